The fourth-order valence-electron chi connectivity index (χ4n) is 1.89. The van der Waals surface area contributed by atoms with Crippen molar-refractivity contribution in [1.29, 1.82) is 0 Å². The molecule has 2 N–H and O–H groups in total. The summed E-state index contributed by atoms with van der Waals surface area (Å²) in [5.41, 5.74) is 2.20. The minimum absolute atomic E-state index is 0. The molecule has 1 saturated carbocycles. The number of amides is 1. The zero-order valence-electron chi connectivity index (χ0n) is 11.9. The van der Waals surface area contributed by atoms with E-state index in [1.54, 1.807) is 0 Å². The number of carbonyl (C=O) groups excluding carboxylic acids is 1. The number of hydrogen-bond acceptors (Lipinski definition) is 3. The molecule has 0 radical (unpaired) electrons. The van der Waals surface area contributed by atoms with E-state index in [0.29, 0.717) is 6.54 Å². The van der Waals surface area contributed by atoms with Crippen molar-refractivity contribution in [3.05, 3.63) is 29.8 Å². The van der Waals surface area contributed by atoms with Crippen molar-refractivity contribution in [3.8, 4) is 0 Å². The molecule has 0 heterocycles. The van der Waals surface area contributed by atoms with Gasteiger partial charge in [-0.05, 0) is 61.4 Å². The molecular formula is C15H23ClN2OS. The Bertz CT molecular complexity index is 407. The third-order valence-electron chi connectivity index (χ3n) is 3.25. The highest BCUT2D eigenvalue weighted by atomic mass is 35.5. The van der Waals surface area contributed by atoms with Crippen LogP contribution in [0.15, 0.2) is 24.3 Å². The second-order valence-electron chi connectivity index (χ2n) is 5.06. The zero-order valence-corrected chi connectivity index (χ0v) is 13.5. The van der Waals surface area contributed by atoms with E-state index in [4.69, 9.17) is 0 Å². The molecule has 1 aromatic rings. The van der Waals surface area contributed by atoms with E-state index >= 15 is 0 Å². The van der Waals surface area contributed by atoms with E-state index in [-0.39, 0.29) is 18.3 Å². The van der Waals surface area contributed by atoms with Crippen LogP contribution in [0.3, 0.4) is 0 Å². The predicted molar refractivity (Wildman–Crippen MR) is 90.0 cm³/mol. The maximum absolute atomic E-state index is 11.7. The van der Waals surface area contributed by atoms with Crippen molar-refractivity contribution in [1.82, 2.24) is 5.32 Å². The van der Waals surface area contributed by atoms with E-state index < -0.39 is 0 Å². The first-order chi connectivity index (χ1) is 9.28. The molecule has 1 amide bonds. The number of hydrogen-bond donors (Lipinski definition) is 2. The zero-order chi connectivity index (χ0) is 13.5. The van der Waals surface area contributed by atoms with Crippen LogP contribution >= 0.6 is 24.2 Å². The first-order valence-corrected chi connectivity index (χ1v) is 8.26. The van der Waals surface area contributed by atoms with Gasteiger partial charge in [-0.2, -0.15) is 11.8 Å². The van der Waals surface area contributed by atoms with Crippen LogP contribution in [-0.2, 0) is 11.2 Å². The fraction of sp³-hybridized carbons (Fsp3) is 0.533. The third-order valence-corrected chi connectivity index (χ3v) is 3.86. The Labute approximate surface area is 131 Å². The van der Waals surface area contributed by atoms with Crippen LogP contribution in [0.2, 0.25) is 0 Å². The summed E-state index contributed by atoms with van der Waals surface area (Å²) in [5, 5.41) is 6.10. The van der Waals surface area contributed by atoms with Gasteiger partial charge in [-0.3, -0.25) is 4.79 Å². The number of rotatable bonds is 8. The topological polar surface area (TPSA) is 41.1 Å². The second kappa shape index (κ2) is 9.27. The highest BCUT2D eigenvalue weighted by Gasteiger charge is 2.20. The van der Waals surface area contributed by atoms with Crippen LogP contribution in [0.4, 0.5) is 5.69 Å². The number of aryl methyl sites for hydroxylation is 1. The maximum atomic E-state index is 11.7. The molecular weight excluding hydrogens is 292 g/mol. The van der Waals surface area contributed by atoms with Crippen LogP contribution in [0, 0.1) is 5.92 Å². The van der Waals surface area contributed by atoms with Crippen LogP contribution < -0.4 is 10.6 Å². The van der Waals surface area contributed by atoms with Gasteiger partial charge >= 0.3 is 0 Å². The number of nitrogens with one attached hydrogen (secondary N) is 2. The van der Waals surface area contributed by atoms with Crippen LogP contribution in [-0.4, -0.2) is 31.0 Å². The van der Waals surface area contributed by atoms with Crippen LogP contribution in [0.25, 0.3) is 0 Å². The molecule has 0 atom stereocenters. The Kier molecular flexibility index (Phi) is 8.04. The van der Waals surface area contributed by atoms with Gasteiger partial charge in [0, 0.05) is 5.69 Å². The highest BCUT2D eigenvalue weighted by molar-refractivity contribution is 7.98. The molecule has 0 aromatic heterocycles. The molecule has 20 heavy (non-hydrogen) atoms. The van der Waals surface area contributed by atoms with E-state index in [0.717, 1.165) is 30.3 Å². The van der Waals surface area contributed by atoms with Gasteiger partial charge in [0.15, 0.2) is 0 Å². The molecule has 5 heteroatoms. The molecule has 1 aliphatic carbocycles. The minimum atomic E-state index is 0. The van der Waals surface area contributed by atoms with Crippen molar-refractivity contribution in [3.63, 3.8) is 0 Å². The smallest absolute Gasteiger partial charge is 0.238 e. The Hall–Kier alpha value is -0.710. The molecule has 0 aliphatic heterocycles. The summed E-state index contributed by atoms with van der Waals surface area (Å²) in [5.74, 6) is 1.98. The van der Waals surface area contributed by atoms with Gasteiger partial charge in [-0.25, -0.2) is 0 Å². The first kappa shape index (κ1) is 17.3. The molecule has 0 saturated heterocycles. The summed E-state index contributed by atoms with van der Waals surface area (Å²) in [6.07, 6.45) is 5.82. The van der Waals surface area contributed by atoms with E-state index in [1.807, 2.05) is 23.9 Å². The lowest BCUT2D eigenvalue weighted by Crippen LogP contribution is -2.29. The monoisotopic (exact) mass is 314 g/mol. The molecule has 0 spiro atoms. The number of thioether (sulfide) groups is 1. The third kappa shape index (κ3) is 6.64. The lowest BCUT2D eigenvalue weighted by Gasteiger charge is -2.07. The lowest BCUT2D eigenvalue weighted by atomic mass is 10.1. The van der Waals surface area contributed by atoms with Gasteiger partial charge in [0.05, 0.1) is 6.54 Å². The van der Waals surface area contributed by atoms with Crippen molar-refractivity contribution in [2.24, 2.45) is 5.92 Å². The average molecular weight is 315 g/mol. The molecule has 1 fully saturated rings. The lowest BCUT2D eigenvalue weighted by molar-refractivity contribution is -0.115. The van der Waals surface area contributed by atoms with E-state index in [2.05, 4.69) is 29.0 Å². The van der Waals surface area contributed by atoms with Crippen molar-refractivity contribution in [2.75, 3.05) is 30.4 Å². The van der Waals surface area contributed by atoms with Crippen molar-refractivity contribution < 1.29 is 4.79 Å². The highest BCUT2D eigenvalue weighted by Crippen LogP contribution is 2.27. The van der Waals surface area contributed by atoms with Gasteiger partial charge in [-0.15, -0.1) is 12.4 Å². The summed E-state index contributed by atoms with van der Waals surface area (Å²) in [4.78, 5) is 11.7. The molecule has 3 nitrogen and oxygen atoms in total. The molecule has 112 valence electrons. The van der Waals surface area contributed by atoms with E-state index in [1.165, 1.54) is 18.4 Å². The van der Waals surface area contributed by atoms with E-state index in [9.17, 15) is 4.79 Å². The SMILES string of the molecule is CSCCc1ccc(NC(=O)CNCC2CC2)cc1.Cl. The normalized spacial score (nSPS) is 13.7. The maximum Gasteiger partial charge on any atom is 0.238 e. The van der Waals surface area contributed by atoms with Gasteiger partial charge in [0.25, 0.3) is 0 Å². The van der Waals surface area contributed by atoms with Crippen molar-refractivity contribution >= 4 is 35.8 Å². The standard InChI is InChI=1S/C15H22N2OS.ClH/c1-19-9-8-12-4-6-14(7-5-12)17-15(18)11-16-10-13-2-3-13;/h4-7,13,16H,2-3,8-11H2,1H3,(H,17,18);1H. The summed E-state index contributed by atoms with van der Waals surface area (Å²) in [6.45, 7) is 1.38. The Morgan fingerprint density at radius 3 is 2.60 bits per heavy atom. The largest absolute Gasteiger partial charge is 0.325 e. The van der Waals surface area contributed by atoms with Crippen LogP contribution in [0.5, 0.6) is 0 Å². The number of halogens is 1. The second-order valence-corrected chi connectivity index (χ2v) is 6.05. The summed E-state index contributed by atoms with van der Waals surface area (Å²) in [7, 11) is 0. The van der Waals surface area contributed by atoms with Crippen LogP contribution in [0.1, 0.15) is 18.4 Å². The summed E-state index contributed by atoms with van der Waals surface area (Å²) in [6, 6.07) is 8.13. The fourth-order valence-corrected chi connectivity index (χ4v) is 2.33. The molecule has 0 bridgehead atoms. The van der Waals surface area contributed by atoms with Gasteiger partial charge in [0.2, 0.25) is 5.91 Å². The molecule has 1 aromatic carbocycles. The van der Waals surface area contributed by atoms with Gasteiger partial charge < -0.3 is 10.6 Å². The van der Waals surface area contributed by atoms with Crippen molar-refractivity contribution in [2.45, 2.75) is 19.3 Å². The number of benzene rings is 1. The predicted octanol–water partition coefficient (Wildman–Crippen LogP) is 2.95. The first-order valence-electron chi connectivity index (χ1n) is 6.86. The van der Waals surface area contributed by atoms with Gasteiger partial charge in [0.1, 0.15) is 0 Å². The number of carbonyl (C=O) groups is 1. The summed E-state index contributed by atoms with van der Waals surface area (Å²) < 4.78 is 0. The Morgan fingerprint density at radius 1 is 1.30 bits per heavy atom. The Morgan fingerprint density at radius 2 is 2.00 bits per heavy atom. The Balaban J connectivity index is 0.00000200. The molecule has 1 aliphatic rings. The quantitative estimate of drug-likeness (QED) is 0.775. The van der Waals surface area contributed by atoms with Gasteiger partial charge in [-0.1, -0.05) is 12.1 Å². The number of anilines is 1. The average Bonchev–Trinajstić information content (AvgIpc) is 3.22. The molecule has 2 rings (SSSR count). The minimum Gasteiger partial charge on any atom is -0.325 e. The molecule has 0 unspecified atom stereocenters. The summed E-state index contributed by atoms with van der Waals surface area (Å²) >= 11 is 1.85.